The Morgan fingerprint density at radius 2 is 1.77 bits per heavy atom. The van der Waals surface area contributed by atoms with Gasteiger partial charge in [0, 0.05) is 37.7 Å². The van der Waals surface area contributed by atoms with Crippen LogP contribution in [-0.2, 0) is 28.9 Å². The number of hydrogen-bond acceptors (Lipinski definition) is 8. The third-order valence-corrected chi connectivity index (χ3v) is 8.20. The predicted molar refractivity (Wildman–Crippen MR) is 139 cm³/mol. The Hall–Kier alpha value is -4.18. The van der Waals surface area contributed by atoms with Gasteiger partial charge in [-0.1, -0.05) is 12.1 Å². The molecule has 0 aliphatic heterocycles. The molecule has 204 valence electrons. The Kier molecular flexibility index (Phi) is 6.26. The number of carbonyl (C=O) groups is 3. The molecule has 3 aliphatic rings. The topological polar surface area (TPSA) is 161 Å². The smallest absolute Gasteiger partial charge is 0.255 e. The van der Waals surface area contributed by atoms with Gasteiger partial charge in [0.15, 0.2) is 11.4 Å². The molecule has 10 heteroatoms. The molecule has 0 spiro atoms. The minimum absolute atomic E-state index is 0.0214. The molecule has 9 nitrogen and oxygen atoms in total. The van der Waals surface area contributed by atoms with Gasteiger partial charge in [0.2, 0.25) is 5.78 Å². The fourth-order valence-electron chi connectivity index (χ4n) is 6.24. The normalized spacial score (nSPS) is 24.3. The van der Waals surface area contributed by atoms with Gasteiger partial charge in [0.05, 0.1) is 5.56 Å². The van der Waals surface area contributed by atoms with E-state index in [1.807, 2.05) is 4.90 Å². The number of primary amides is 1. The highest BCUT2D eigenvalue weighted by atomic mass is 19.1. The number of ketones is 2. The number of rotatable bonds is 5. The lowest BCUT2D eigenvalue weighted by molar-refractivity contribution is -0.144. The molecule has 1 amide bonds. The van der Waals surface area contributed by atoms with E-state index < -0.39 is 52.0 Å². The number of hydrogen-bond donors (Lipinski definition) is 5. The fourth-order valence-corrected chi connectivity index (χ4v) is 6.24. The van der Waals surface area contributed by atoms with Crippen molar-refractivity contribution in [2.24, 2.45) is 17.6 Å². The summed E-state index contributed by atoms with van der Waals surface area (Å²) in [6, 6.07) is 7.78. The van der Waals surface area contributed by atoms with Gasteiger partial charge in [-0.15, -0.1) is 0 Å². The van der Waals surface area contributed by atoms with E-state index in [9.17, 15) is 39.2 Å². The molecule has 0 fully saturated rings. The van der Waals surface area contributed by atoms with Crippen molar-refractivity contribution in [2.45, 2.75) is 37.7 Å². The van der Waals surface area contributed by atoms with Crippen molar-refractivity contribution >= 4 is 23.2 Å². The fraction of sp³-hybridized carbons (Fsp3) is 0.345. The maximum absolute atomic E-state index is 13.9. The van der Waals surface area contributed by atoms with Crippen LogP contribution >= 0.6 is 0 Å². The number of aliphatic hydroxyl groups excluding tert-OH is 2. The molecule has 2 aromatic rings. The Morgan fingerprint density at radius 3 is 2.38 bits per heavy atom. The number of phenols is 1. The van der Waals surface area contributed by atoms with Gasteiger partial charge in [-0.25, -0.2) is 4.39 Å². The van der Waals surface area contributed by atoms with Crippen molar-refractivity contribution in [1.29, 1.82) is 0 Å². The monoisotopic (exact) mass is 536 g/mol. The van der Waals surface area contributed by atoms with E-state index in [1.165, 1.54) is 12.1 Å². The van der Waals surface area contributed by atoms with E-state index in [2.05, 4.69) is 0 Å². The van der Waals surface area contributed by atoms with Crippen LogP contribution in [0.25, 0.3) is 0 Å². The number of Topliss-reactive ketones (excluding diaryl/α,β-unsaturated/α-hetero) is 2. The Labute approximate surface area is 223 Å². The highest BCUT2D eigenvalue weighted by Crippen LogP contribution is 2.52. The molecule has 0 saturated heterocycles. The first-order valence-electron chi connectivity index (χ1n) is 12.6. The molecule has 39 heavy (non-hydrogen) atoms. The lowest BCUT2D eigenvalue weighted by Gasteiger charge is -2.46. The molecule has 3 aliphatic carbocycles. The van der Waals surface area contributed by atoms with Crippen LogP contribution in [0.3, 0.4) is 0 Å². The number of anilines is 1. The van der Waals surface area contributed by atoms with Gasteiger partial charge < -0.3 is 31.1 Å². The first kappa shape index (κ1) is 26.4. The van der Waals surface area contributed by atoms with Crippen LogP contribution in [0.15, 0.2) is 53.0 Å². The number of aromatic hydroxyl groups is 1. The Morgan fingerprint density at radius 1 is 1.10 bits per heavy atom. The van der Waals surface area contributed by atoms with Crippen molar-refractivity contribution in [3.63, 3.8) is 0 Å². The maximum Gasteiger partial charge on any atom is 0.255 e. The molecule has 0 aromatic heterocycles. The number of fused-ring (bicyclic) bond motifs is 3. The number of aliphatic hydroxyl groups is 3. The first-order chi connectivity index (χ1) is 18.4. The van der Waals surface area contributed by atoms with Crippen LogP contribution in [0.5, 0.6) is 5.75 Å². The molecule has 0 heterocycles. The zero-order valence-electron chi connectivity index (χ0n) is 21.5. The van der Waals surface area contributed by atoms with Gasteiger partial charge >= 0.3 is 0 Å². The SMILES string of the molecule is CN(C)c1cc(CCc2ccc(F)cc2)c(O)c2c1C[C@H]1C[C@H]3CC(O)=C(C(N)=O)C(=O)[C@@]3(O)C(O)=C1C2=O. The van der Waals surface area contributed by atoms with Crippen molar-refractivity contribution in [2.75, 3.05) is 19.0 Å². The lowest BCUT2D eigenvalue weighted by Crippen LogP contribution is -2.57. The van der Waals surface area contributed by atoms with Gasteiger partial charge in [-0.2, -0.15) is 0 Å². The van der Waals surface area contributed by atoms with Crippen LogP contribution < -0.4 is 10.6 Å². The molecule has 6 N–H and O–H groups in total. The molecular weight excluding hydrogens is 507 g/mol. The number of aryl methyl sites for hydroxylation is 2. The quantitative estimate of drug-likeness (QED) is 0.364. The summed E-state index contributed by atoms with van der Waals surface area (Å²) in [5.74, 6) is -6.86. The Balaban J connectivity index is 1.61. The summed E-state index contributed by atoms with van der Waals surface area (Å²) < 4.78 is 13.3. The number of nitrogens with zero attached hydrogens (tertiary/aromatic N) is 1. The van der Waals surface area contributed by atoms with Crippen molar-refractivity contribution < 1.29 is 39.2 Å². The Bertz CT molecular complexity index is 1490. The predicted octanol–water partition coefficient (Wildman–Crippen LogP) is 2.57. The van der Waals surface area contributed by atoms with Crippen LogP contribution in [0.4, 0.5) is 10.1 Å². The van der Waals surface area contributed by atoms with Gasteiger partial charge in [-0.3, -0.25) is 14.4 Å². The molecular formula is C29H29FN2O7. The summed E-state index contributed by atoms with van der Waals surface area (Å²) in [6.45, 7) is 0. The molecule has 0 radical (unpaired) electrons. The average Bonchev–Trinajstić information content (AvgIpc) is 2.86. The van der Waals surface area contributed by atoms with Crippen LogP contribution in [0.2, 0.25) is 0 Å². The molecule has 0 saturated carbocycles. The van der Waals surface area contributed by atoms with Gasteiger partial charge in [-0.05, 0) is 66.5 Å². The molecule has 2 aromatic carbocycles. The average molecular weight is 537 g/mol. The third-order valence-electron chi connectivity index (χ3n) is 8.20. The number of amides is 1. The van der Waals surface area contributed by atoms with E-state index >= 15 is 0 Å². The summed E-state index contributed by atoms with van der Waals surface area (Å²) in [4.78, 5) is 40.7. The van der Waals surface area contributed by atoms with Gasteiger partial charge in [0.25, 0.3) is 5.91 Å². The standard InChI is InChI=1S/C29H29FN2O7/c1-32(2)19-11-14(6-3-13-4-7-17(30)8-5-13)24(34)22-18(19)10-15-9-16-12-20(33)23(28(31)38)27(37)29(16,39)26(36)21(15)25(22)35/h4-5,7-8,11,15-16,33-34,36,39H,3,6,9-10,12H2,1-2H3,(H2,31,38)/t15-,16+,29+/m1/s1. The van der Waals surface area contributed by atoms with E-state index in [0.29, 0.717) is 29.7 Å². The molecule has 0 bridgehead atoms. The highest BCUT2D eigenvalue weighted by Gasteiger charge is 2.59. The zero-order chi connectivity index (χ0) is 28.4. The van der Waals surface area contributed by atoms with Crippen LogP contribution in [-0.4, -0.2) is 57.6 Å². The third kappa shape index (κ3) is 3.97. The second-order valence-electron chi connectivity index (χ2n) is 10.7. The summed E-state index contributed by atoms with van der Waals surface area (Å²) >= 11 is 0. The van der Waals surface area contributed by atoms with Crippen molar-refractivity contribution in [3.8, 4) is 5.75 Å². The van der Waals surface area contributed by atoms with E-state index in [0.717, 1.165) is 5.56 Å². The van der Waals surface area contributed by atoms with E-state index in [1.54, 1.807) is 32.3 Å². The summed E-state index contributed by atoms with van der Waals surface area (Å²) in [5.41, 5.74) is 4.20. The molecule has 5 rings (SSSR count). The van der Waals surface area contributed by atoms with E-state index in [4.69, 9.17) is 5.73 Å². The summed E-state index contributed by atoms with van der Waals surface area (Å²) in [6.07, 6.45) is 0.829. The number of halogens is 1. The number of phenolic OH excluding ortho intramolecular Hbond substituents is 1. The van der Waals surface area contributed by atoms with Gasteiger partial charge in [0.1, 0.15) is 28.7 Å². The number of benzene rings is 2. The zero-order valence-corrected chi connectivity index (χ0v) is 21.5. The molecule has 0 unspecified atom stereocenters. The van der Waals surface area contributed by atoms with Crippen LogP contribution in [0, 0.1) is 17.7 Å². The minimum Gasteiger partial charge on any atom is -0.511 e. The molecule has 3 atom stereocenters. The van der Waals surface area contributed by atoms with Crippen molar-refractivity contribution in [1.82, 2.24) is 0 Å². The van der Waals surface area contributed by atoms with E-state index in [-0.39, 0.29) is 42.0 Å². The van der Waals surface area contributed by atoms with Crippen LogP contribution in [0.1, 0.15) is 39.9 Å². The summed E-state index contributed by atoms with van der Waals surface area (Å²) in [5, 5.41) is 44.2. The first-order valence-corrected chi connectivity index (χ1v) is 12.6. The number of carbonyl (C=O) groups excluding carboxylic acids is 3. The number of nitrogens with two attached hydrogens (primary N) is 1. The number of allylic oxidation sites excluding steroid dienone is 2. The lowest BCUT2D eigenvalue weighted by atomic mass is 9.60. The summed E-state index contributed by atoms with van der Waals surface area (Å²) in [7, 11) is 3.61. The second-order valence-corrected chi connectivity index (χ2v) is 10.7. The second kappa shape index (κ2) is 9.23. The van der Waals surface area contributed by atoms with Crippen molar-refractivity contribution in [3.05, 3.63) is 81.1 Å². The maximum atomic E-state index is 13.9. The minimum atomic E-state index is -2.60. The largest absolute Gasteiger partial charge is 0.511 e. The highest BCUT2D eigenvalue weighted by molar-refractivity contribution is 6.24.